The zero-order valence-corrected chi connectivity index (χ0v) is 29.1. The Morgan fingerprint density at radius 1 is 1.06 bits per heavy atom. The van der Waals surface area contributed by atoms with Crippen molar-refractivity contribution in [2.45, 2.75) is 82.9 Å². The molecule has 2 aromatic heterocycles. The van der Waals surface area contributed by atoms with Crippen molar-refractivity contribution in [1.82, 2.24) is 19.7 Å². The van der Waals surface area contributed by atoms with Gasteiger partial charge in [0.15, 0.2) is 30.7 Å². The van der Waals surface area contributed by atoms with Crippen LogP contribution < -0.4 is 10.4 Å². The third kappa shape index (κ3) is 9.51. The minimum absolute atomic E-state index is 0.0982. The topological polar surface area (TPSA) is 237 Å². The number of amides is 1. The third-order valence-electron chi connectivity index (χ3n) is 7.18. The van der Waals surface area contributed by atoms with Gasteiger partial charge in [0, 0.05) is 21.3 Å². The van der Waals surface area contributed by atoms with E-state index >= 15 is 0 Å². The van der Waals surface area contributed by atoms with Crippen LogP contribution in [0.15, 0.2) is 18.5 Å². The Balaban J connectivity index is 2.07. The van der Waals surface area contributed by atoms with E-state index in [4.69, 9.17) is 37.7 Å². The Hall–Kier alpha value is -4.15. The summed E-state index contributed by atoms with van der Waals surface area (Å²) in [5.41, 5.74) is -1.81. The fourth-order valence-corrected chi connectivity index (χ4v) is 5.29. The average Bonchev–Trinajstić information content (AvgIpc) is 3.62. The molecule has 1 unspecified atom stereocenters. The molecule has 1 fully saturated rings. The number of carbonyl (C=O) groups is 4. The summed E-state index contributed by atoms with van der Waals surface area (Å²) in [4.78, 5) is 54.8. The smallest absolute Gasteiger partial charge is 0.462 e. The number of nitrogens with one attached hydrogen (secondary N) is 2. The van der Waals surface area contributed by atoms with E-state index < -0.39 is 93.5 Å². The van der Waals surface area contributed by atoms with Crippen LogP contribution in [0.2, 0.25) is 0 Å². The van der Waals surface area contributed by atoms with Crippen molar-refractivity contribution < 1.29 is 61.4 Å². The Kier molecular flexibility index (Phi) is 14.0. The molecule has 0 aromatic carbocycles. The molecule has 2 N–H and O–H groups in total. The normalized spacial score (nSPS) is 22.5. The van der Waals surface area contributed by atoms with Crippen molar-refractivity contribution in [1.29, 1.82) is 5.26 Å². The number of nitrogens with zero attached hydrogens (tertiary/aromatic N) is 4. The molecular formula is C29H40N6O13P+. The summed E-state index contributed by atoms with van der Waals surface area (Å²) in [5, 5.41) is 19.9. The predicted octanol–water partition coefficient (Wildman–Crippen LogP) is 1.14. The van der Waals surface area contributed by atoms with Gasteiger partial charge in [-0.3, -0.25) is 9.59 Å². The quantitative estimate of drug-likeness (QED) is 0.133. The first kappa shape index (κ1) is 39.3. The maximum absolute atomic E-state index is 13.1. The molecule has 8 atom stereocenters. The van der Waals surface area contributed by atoms with Crippen LogP contribution in [0.1, 0.15) is 46.4 Å². The van der Waals surface area contributed by atoms with E-state index in [1.165, 1.54) is 51.8 Å². The van der Waals surface area contributed by atoms with Crippen molar-refractivity contribution in [3.8, 4) is 6.07 Å². The predicted molar refractivity (Wildman–Crippen MR) is 166 cm³/mol. The van der Waals surface area contributed by atoms with Gasteiger partial charge in [-0.1, -0.05) is 5.09 Å². The van der Waals surface area contributed by atoms with E-state index in [0.717, 1.165) is 6.33 Å². The fourth-order valence-electron chi connectivity index (χ4n) is 4.49. The lowest BCUT2D eigenvalue weighted by molar-refractivity contribution is -0.178. The molecule has 49 heavy (non-hydrogen) atoms. The number of hydrogen-bond donors (Lipinski definition) is 2. The monoisotopic (exact) mass is 711 g/mol. The van der Waals surface area contributed by atoms with Gasteiger partial charge < -0.3 is 38.5 Å². The van der Waals surface area contributed by atoms with Crippen LogP contribution in [-0.2, 0) is 61.4 Å². The summed E-state index contributed by atoms with van der Waals surface area (Å²) in [6.07, 6.45) is -5.84. The number of methoxy groups -OCH3 is 3. The molecule has 268 valence electrons. The van der Waals surface area contributed by atoms with Gasteiger partial charge in [-0.05, 0) is 51.3 Å². The number of nitriles is 1. The molecule has 0 saturated carbocycles. The Morgan fingerprint density at radius 3 is 2.37 bits per heavy atom. The molecule has 19 nitrogen and oxygen atoms in total. The maximum Gasteiger partial charge on any atom is 0.613 e. The van der Waals surface area contributed by atoms with Crippen LogP contribution in [-0.4, -0.2) is 115 Å². The standard InChI is InChI=1S/C29H39N6O13P/c1-15(2)45-27(38)16(3)34-49(40)44-13-29(12-30)24(47-28(39)18(5)43-8)23(46-21(36)11-41-6)22(48-29)19-9-10-20-25(31-14-32-35(19)20)33-26(37)17(4)42-7/h9-10,14-18,22-24H,11,13H2,1-8H3,(H-,31,32,33,34,37,40)/p+1/t16-,17+,18+,22-,23-,24-,29+/m0/s1. The molecule has 0 aliphatic carbocycles. The number of hydrogen-bond acceptors (Lipinski definition) is 16. The van der Waals surface area contributed by atoms with E-state index in [0.29, 0.717) is 0 Å². The Morgan fingerprint density at radius 2 is 1.76 bits per heavy atom. The van der Waals surface area contributed by atoms with E-state index in [9.17, 15) is 29.0 Å². The van der Waals surface area contributed by atoms with Crippen LogP contribution in [0, 0.1) is 11.3 Å². The maximum atomic E-state index is 13.1. The highest BCUT2D eigenvalue weighted by atomic mass is 31.1. The van der Waals surface area contributed by atoms with Gasteiger partial charge in [-0.15, -0.1) is 4.52 Å². The number of fused-ring (bicyclic) bond motifs is 1. The van der Waals surface area contributed by atoms with Crippen LogP contribution in [0.3, 0.4) is 0 Å². The lowest BCUT2D eigenvalue weighted by atomic mass is 9.95. The highest BCUT2D eigenvalue weighted by Crippen LogP contribution is 2.45. The number of ether oxygens (including phenoxy) is 7. The summed E-state index contributed by atoms with van der Waals surface area (Å²) >= 11 is 0. The largest absolute Gasteiger partial charge is 0.613 e. The van der Waals surface area contributed by atoms with Gasteiger partial charge >= 0.3 is 26.1 Å². The van der Waals surface area contributed by atoms with Crippen LogP contribution in [0.5, 0.6) is 0 Å². The highest BCUT2D eigenvalue weighted by Gasteiger charge is 2.63. The van der Waals surface area contributed by atoms with Crippen molar-refractivity contribution in [2.24, 2.45) is 0 Å². The van der Waals surface area contributed by atoms with Crippen molar-refractivity contribution in [3.05, 3.63) is 24.2 Å². The zero-order valence-electron chi connectivity index (χ0n) is 28.2. The molecule has 3 heterocycles. The SMILES string of the molecule is COCC(=O)O[C@H]1[C@H](c2ccc3c(NC(=O)[C@@H](C)OC)ncnn23)O[C@](C#N)(CO[P+](=O)N[C@@H](C)C(=O)OC(C)C)[C@H]1OC(=O)[C@@H](C)OC. The number of carbonyl (C=O) groups excluding carboxylic acids is 4. The minimum atomic E-state index is -2.83. The molecule has 0 bridgehead atoms. The van der Waals surface area contributed by atoms with Crippen molar-refractivity contribution >= 4 is 43.3 Å². The first-order valence-corrected chi connectivity index (χ1v) is 16.1. The summed E-state index contributed by atoms with van der Waals surface area (Å²) in [6, 6.07) is 3.92. The fraction of sp³-hybridized carbons (Fsp3) is 0.621. The molecule has 20 heteroatoms. The number of esters is 3. The number of aromatic nitrogens is 3. The van der Waals surface area contributed by atoms with Crippen molar-refractivity contribution in [2.75, 3.05) is 39.9 Å². The first-order chi connectivity index (χ1) is 23.2. The summed E-state index contributed by atoms with van der Waals surface area (Å²) in [5.74, 6) is -2.95. The van der Waals surface area contributed by atoms with Crippen LogP contribution >= 0.6 is 8.18 Å². The average molecular weight is 712 g/mol. The molecule has 1 aliphatic rings. The van der Waals surface area contributed by atoms with Gasteiger partial charge in [0.05, 0.1) is 11.8 Å². The summed E-state index contributed by atoms with van der Waals surface area (Å²) in [6.45, 7) is 6.30. The zero-order chi connectivity index (χ0) is 36.5. The third-order valence-corrected chi connectivity index (χ3v) is 8.14. The van der Waals surface area contributed by atoms with Gasteiger partial charge in [0.1, 0.15) is 42.8 Å². The van der Waals surface area contributed by atoms with E-state index in [-0.39, 0.29) is 17.0 Å². The summed E-state index contributed by atoms with van der Waals surface area (Å²) < 4.78 is 57.5. The molecule has 0 spiro atoms. The highest BCUT2D eigenvalue weighted by molar-refractivity contribution is 7.36. The molecule has 1 amide bonds. The van der Waals surface area contributed by atoms with E-state index in [2.05, 4.69) is 20.5 Å². The molecule has 3 rings (SSSR count). The second-order valence-electron chi connectivity index (χ2n) is 11.1. The van der Waals surface area contributed by atoms with Gasteiger partial charge in [-0.2, -0.15) is 10.4 Å². The Bertz CT molecular complexity index is 1560. The second kappa shape index (κ2) is 17.5. The summed E-state index contributed by atoms with van der Waals surface area (Å²) in [7, 11) is 1.05. The van der Waals surface area contributed by atoms with Gasteiger partial charge in [-0.25, -0.2) is 19.1 Å². The molecule has 2 aromatic rings. The number of rotatable bonds is 17. The van der Waals surface area contributed by atoms with E-state index in [1.54, 1.807) is 20.8 Å². The Labute approximate surface area is 282 Å². The first-order valence-electron chi connectivity index (χ1n) is 15.0. The lowest BCUT2D eigenvalue weighted by Gasteiger charge is -2.28. The van der Waals surface area contributed by atoms with E-state index in [1.807, 2.05) is 6.07 Å². The van der Waals surface area contributed by atoms with Crippen LogP contribution in [0.4, 0.5) is 5.82 Å². The molecular weight excluding hydrogens is 671 g/mol. The van der Waals surface area contributed by atoms with Crippen LogP contribution in [0.25, 0.3) is 5.52 Å². The number of anilines is 1. The lowest BCUT2D eigenvalue weighted by Crippen LogP contribution is -2.50. The molecule has 1 aliphatic heterocycles. The second-order valence-corrected chi connectivity index (χ2v) is 12.1. The minimum Gasteiger partial charge on any atom is -0.462 e. The van der Waals surface area contributed by atoms with Gasteiger partial charge in [0.2, 0.25) is 5.60 Å². The van der Waals surface area contributed by atoms with Crippen molar-refractivity contribution in [3.63, 3.8) is 0 Å². The molecule has 1 saturated heterocycles. The van der Waals surface area contributed by atoms with Gasteiger partial charge in [0.25, 0.3) is 5.91 Å². The molecule has 0 radical (unpaired) electrons.